The van der Waals surface area contributed by atoms with Crippen molar-refractivity contribution in [3.8, 4) is 0 Å². The fourth-order valence-electron chi connectivity index (χ4n) is 13.7. The number of fused-ring (bicyclic) bond motifs is 6. The molecule has 9 rings (SSSR count). The molecule has 1 spiro atoms. The van der Waals surface area contributed by atoms with Gasteiger partial charge in [-0.15, -0.1) is 0 Å². The van der Waals surface area contributed by atoms with Gasteiger partial charge in [-0.05, 0) is 175 Å². The highest BCUT2D eigenvalue weighted by Gasteiger charge is 2.67. The zero-order chi connectivity index (χ0) is 36.6. The quantitative estimate of drug-likeness (QED) is 0.0746. The van der Waals surface area contributed by atoms with Gasteiger partial charge in [0.1, 0.15) is 0 Å². The van der Waals surface area contributed by atoms with Crippen molar-refractivity contribution in [3.63, 3.8) is 0 Å². The molecule has 5 saturated carbocycles. The van der Waals surface area contributed by atoms with Crippen molar-refractivity contribution < 1.29 is 19.4 Å². The van der Waals surface area contributed by atoms with E-state index in [1.165, 1.54) is 85.3 Å². The number of rotatable bonds is 7. The van der Waals surface area contributed by atoms with Gasteiger partial charge < -0.3 is 30.4 Å². The lowest BCUT2D eigenvalue weighted by Crippen LogP contribution is -2.51. The van der Waals surface area contributed by atoms with Gasteiger partial charge in [0.15, 0.2) is 5.96 Å². The lowest BCUT2D eigenvalue weighted by atomic mass is 9.46. The minimum Gasteiger partial charge on any atom is -0.471 e. The van der Waals surface area contributed by atoms with E-state index in [1.54, 1.807) is 0 Å². The summed E-state index contributed by atoms with van der Waals surface area (Å²) in [6, 6.07) is 4.77. The van der Waals surface area contributed by atoms with E-state index in [0.29, 0.717) is 53.6 Å². The number of epoxide rings is 1. The molecular formula is C46H67N3O4. The van der Waals surface area contributed by atoms with Crippen LogP contribution in [0.25, 0.3) is 10.8 Å². The molecule has 0 unspecified atom stereocenters. The second-order valence-corrected chi connectivity index (χ2v) is 20.2. The highest BCUT2D eigenvalue weighted by atomic mass is 16.6. The highest BCUT2D eigenvalue weighted by Crippen LogP contribution is 2.69. The van der Waals surface area contributed by atoms with Crippen LogP contribution < -0.4 is 11.1 Å². The van der Waals surface area contributed by atoms with Crippen molar-refractivity contribution >= 4 is 16.7 Å². The van der Waals surface area contributed by atoms with E-state index in [-0.39, 0.29) is 17.1 Å². The molecule has 7 nitrogen and oxygen atoms in total. The number of aryl methyl sites for hydroxylation is 1. The van der Waals surface area contributed by atoms with E-state index >= 15 is 0 Å². The molecule has 0 bridgehead atoms. The molecule has 1 saturated heterocycles. The summed E-state index contributed by atoms with van der Waals surface area (Å²) in [6.07, 6.45) is 25.6. The number of hydrogen-bond acceptors (Lipinski definition) is 5. The second-order valence-electron chi connectivity index (χ2n) is 20.2. The van der Waals surface area contributed by atoms with Gasteiger partial charge >= 0.3 is 0 Å². The van der Waals surface area contributed by atoms with Crippen LogP contribution in [0.4, 0.5) is 0 Å². The van der Waals surface area contributed by atoms with Gasteiger partial charge in [0.2, 0.25) is 0 Å². The highest BCUT2D eigenvalue weighted by molar-refractivity contribution is 5.86. The maximum atomic E-state index is 11.2. The summed E-state index contributed by atoms with van der Waals surface area (Å²) in [5, 5.41) is 27.5. The van der Waals surface area contributed by atoms with Crippen LogP contribution in [0.2, 0.25) is 0 Å². The predicted molar refractivity (Wildman–Crippen MR) is 212 cm³/mol. The second kappa shape index (κ2) is 13.7. The average molecular weight is 726 g/mol. The number of nitrogens with one attached hydrogen (secondary N) is 1. The van der Waals surface area contributed by atoms with Gasteiger partial charge in [-0.1, -0.05) is 31.2 Å². The third-order valence-electron chi connectivity index (χ3n) is 16.7. The summed E-state index contributed by atoms with van der Waals surface area (Å²) < 4.78 is 12.3. The maximum absolute atomic E-state index is 11.2. The van der Waals surface area contributed by atoms with Gasteiger partial charge in [0, 0.05) is 35.2 Å². The summed E-state index contributed by atoms with van der Waals surface area (Å²) in [4.78, 5) is 4.96. The molecule has 7 heteroatoms. The molecule has 0 radical (unpaired) electrons. The summed E-state index contributed by atoms with van der Waals surface area (Å²) in [7, 11) is 0. The number of aliphatic hydroxyl groups excluding tert-OH is 1. The molecule has 1 aromatic carbocycles. The topological polar surface area (TPSA) is 117 Å². The van der Waals surface area contributed by atoms with E-state index < -0.39 is 5.60 Å². The Morgan fingerprint density at radius 3 is 2.75 bits per heavy atom. The standard InChI is InChI=1S/C46H67N3O4/c1-29-22-45(18-13-30(23-45)14-19-46(51)16-5-8-36(50)24-46)41-44(3,53-41)17-15-40-38(29)25-43(40,2)34-12-9-31(20-34)26-48-42(47)49-35-7-4-6-32-10-11-33-27-52-28-39(33)37(32)21-35/h10-11,27-28,30-31,34-36,38,40-41,50-51H,1,4-9,12-26H2,2-3H3,(H3,47,48,49)/t30-,31+,34+,35+,36+,38-,40+,41-,43-,44-,45-,46-/m1/s1. The lowest BCUT2D eigenvalue weighted by Gasteiger charge is -2.58. The molecule has 53 heavy (non-hydrogen) atoms. The van der Waals surface area contributed by atoms with Crippen molar-refractivity contribution in [2.45, 2.75) is 172 Å². The normalized spacial score (nSPS) is 44.3. The average Bonchev–Trinajstić information content (AvgIpc) is 3.50. The number of furan rings is 1. The molecule has 2 aromatic rings. The van der Waals surface area contributed by atoms with Crippen LogP contribution in [-0.4, -0.2) is 52.2 Å². The van der Waals surface area contributed by atoms with Crippen molar-refractivity contribution in [1.29, 1.82) is 0 Å². The first-order valence-electron chi connectivity index (χ1n) is 21.7. The van der Waals surface area contributed by atoms with E-state index in [0.717, 1.165) is 76.7 Å². The monoisotopic (exact) mass is 726 g/mol. The van der Waals surface area contributed by atoms with E-state index in [4.69, 9.17) is 26.5 Å². The lowest BCUT2D eigenvalue weighted by molar-refractivity contribution is -0.0693. The number of ether oxygens (including phenoxy) is 1. The Morgan fingerprint density at radius 1 is 1.00 bits per heavy atom. The summed E-state index contributed by atoms with van der Waals surface area (Å²) in [6.45, 7) is 10.7. The number of guanidine groups is 1. The summed E-state index contributed by atoms with van der Waals surface area (Å²) in [5.74, 6) is 3.96. The largest absolute Gasteiger partial charge is 0.471 e. The van der Waals surface area contributed by atoms with Crippen molar-refractivity contribution in [2.75, 3.05) is 6.54 Å². The van der Waals surface area contributed by atoms with Crippen LogP contribution in [0.5, 0.6) is 0 Å². The SMILES string of the molecule is C=C1C[C@@]2(CC[C@H](CC[C@]3(O)CCC[C@H](O)C3)C2)[C@@H]2O[C@]2(C)CC[C@H]2[C@@H]1C[C@]2(C)[C@H]1CC[C@H](CN=C(N)N[C@H]2CCCc3ccc4cocc4c3C2)C1. The number of hydrogen-bond donors (Lipinski definition) is 4. The minimum atomic E-state index is -0.671. The third kappa shape index (κ3) is 6.81. The molecule has 5 N–H and O–H groups in total. The van der Waals surface area contributed by atoms with Crippen LogP contribution in [0.15, 0.2) is 46.2 Å². The number of nitrogens with two attached hydrogens (primary N) is 1. The number of allylic oxidation sites excluding steroid dienone is 1. The molecule has 7 aliphatic rings. The Balaban J connectivity index is 0.798. The van der Waals surface area contributed by atoms with Crippen LogP contribution >= 0.6 is 0 Å². The first kappa shape index (κ1) is 36.3. The Hall–Kier alpha value is -2.35. The zero-order valence-electron chi connectivity index (χ0n) is 32.7. The van der Waals surface area contributed by atoms with Gasteiger partial charge in [-0.25, -0.2) is 0 Å². The Bertz CT molecular complexity index is 1720. The van der Waals surface area contributed by atoms with Crippen LogP contribution in [0, 0.1) is 40.4 Å². The van der Waals surface area contributed by atoms with Crippen molar-refractivity contribution in [2.24, 2.45) is 51.1 Å². The van der Waals surface area contributed by atoms with E-state index in [1.807, 2.05) is 12.5 Å². The van der Waals surface area contributed by atoms with Gasteiger partial charge in [-0.3, -0.25) is 4.99 Å². The zero-order valence-corrected chi connectivity index (χ0v) is 32.7. The number of aliphatic hydroxyl groups is 2. The number of benzene rings is 1. The third-order valence-corrected chi connectivity index (χ3v) is 16.7. The first-order chi connectivity index (χ1) is 25.4. The molecule has 6 aliphatic carbocycles. The molecular weight excluding hydrogens is 659 g/mol. The van der Waals surface area contributed by atoms with E-state index in [2.05, 4.69) is 31.3 Å². The Kier molecular flexibility index (Phi) is 9.38. The molecule has 1 aromatic heterocycles. The fraction of sp³-hybridized carbons (Fsp3) is 0.761. The Labute approximate surface area is 318 Å². The van der Waals surface area contributed by atoms with Crippen LogP contribution in [0.3, 0.4) is 0 Å². The molecule has 6 fully saturated rings. The molecule has 2 heterocycles. The molecule has 290 valence electrons. The summed E-state index contributed by atoms with van der Waals surface area (Å²) >= 11 is 0. The molecule has 1 aliphatic heterocycles. The number of aliphatic imine (C=N–C) groups is 1. The number of nitrogens with zero attached hydrogens (tertiary/aromatic N) is 1. The fourth-order valence-corrected chi connectivity index (χ4v) is 13.7. The first-order valence-corrected chi connectivity index (χ1v) is 21.7. The van der Waals surface area contributed by atoms with E-state index in [9.17, 15) is 10.2 Å². The van der Waals surface area contributed by atoms with Gasteiger partial charge in [0.05, 0.1) is 35.9 Å². The summed E-state index contributed by atoms with van der Waals surface area (Å²) in [5.41, 5.74) is 10.9. The minimum absolute atomic E-state index is 0.00759. The van der Waals surface area contributed by atoms with Crippen molar-refractivity contribution in [1.82, 2.24) is 5.32 Å². The van der Waals surface area contributed by atoms with Crippen molar-refractivity contribution in [3.05, 3.63) is 47.9 Å². The van der Waals surface area contributed by atoms with Gasteiger partial charge in [0.25, 0.3) is 0 Å². The van der Waals surface area contributed by atoms with Crippen LogP contribution in [0.1, 0.15) is 141 Å². The molecule has 12 atom stereocenters. The van der Waals surface area contributed by atoms with Crippen LogP contribution in [-0.2, 0) is 17.6 Å². The van der Waals surface area contributed by atoms with Gasteiger partial charge in [-0.2, -0.15) is 0 Å². The molecule has 0 amide bonds. The smallest absolute Gasteiger partial charge is 0.188 e. The predicted octanol–water partition coefficient (Wildman–Crippen LogP) is 8.77. The maximum Gasteiger partial charge on any atom is 0.188 e. The Morgan fingerprint density at radius 2 is 1.89 bits per heavy atom.